The molecule has 0 fully saturated rings. The Kier molecular flexibility index (Phi) is 8.74. The largest absolute Gasteiger partial charge is 0.496 e. The van der Waals surface area contributed by atoms with Crippen LogP contribution in [0.25, 0.3) is 16.8 Å². The fourth-order valence-electron chi connectivity index (χ4n) is 5.50. The second-order valence-electron chi connectivity index (χ2n) is 10.9. The van der Waals surface area contributed by atoms with Crippen molar-refractivity contribution in [3.63, 3.8) is 0 Å². The van der Waals surface area contributed by atoms with E-state index in [1.807, 2.05) is 60.7 Å². The third-order valence-electron chi connectivity index (χ3n) is 7.50. The Labute approximate surface area is 272 Å². The van der Waals surface area contributed by atoms with Gasteiger partial charge >= 0.3 is 5.97 Å². The van der Waals surface area contributed by atoms with E-state index >= 15 is 0 Å². The zero-order valence-electron chi connectivity index (χ0n) is 25.2. The van der Waals surface area contributed by atoms with Crippen molar-refractivity contribution in [2.45, 2.75) is 39.5 Å². The number of fused-ring (bicyclic) bond motifs is 2. The van der Waals surface area contributed by atoms with Crippen LogP contribution in [0, 0.1) is 0 Å². The van der Waals surface area contributed by atoms with Crippen molar-refractivity contribution in [3.8, 4) is 11.5 Å². The third kappa shape index (κ3) is 6.23. The van der Waals surface area contributed by atoms with Gasteiger partial charge in [0.05, 0.1) is 29.0 Å². The maximum atomic E-state index is 14.1. The van der Waals surface area contributed by atoms with Gasteiger partial charge in [0.2, 0.25) is 0 Å². The first kappa shape index (κ1) is 30.6. The minimum absolute atomic E-state index is 0.268. The number of benzene rings is 4. The number of carbonyl (C=O) groups is 1. The summed E-state index contributed by atoms with van der Waals surface area (Å²) < 4.78 is 20.3. The van der Waals surface area contributed by atoms with Crippen molar-refractivity contribution in [2.75, 3.05) is 7.11 Å². The summed E-state index contributed by atoms with van der Waals surface area (Å²) in [4.78, 5) is 32.8. The van der Waals surface area contributed by atoms with E-state index in [0.29, 0.717) is 44.3 Å². The van der Waals surface area contributed by atoms with E-state index in [4.69, 9.17) is 19.2 Å². The number of carbonyl (C=O) groups excluding carboxylic acids is 1. The summed E-state index contributed by atoms with van der Waals surface area (Å²) in [6.07, 6.45) is 1.48. The van der Waals surface area contributed by atoms with Crippen LogP contribution < -0.4 is 24.4 Å². The van der Waals surface area contributed by atoms with Crippen molar-refractivity contribution >= 4 is 50.1 Å². The molecule has 228 valence electrons. The number of ether oxygens (including phenoxy) is 3. The van der Waals surface area contributed by atoms with Crippen LogP contribution in [0.1, 0.15) is 43.5 Å². The van der Waals surface area contributed by atoms with Gasteiger partial charge in [-0.15, -0.1) is 0 Å². The summed E-state index contributed by atoms with van der Waals surface area (Å²) in [6, 6.07) is 26.8. The topological polar surface area (TPSA) is 79.1 Å². The zero-order valence-corrected chi connectivity index (χ0v) is 27.6. The van der Waals surface area contributed by atoms with Gasteiger partial charge < -0.3 is 14.2 Å². The van der Waals surface area contributed by atoms with Crippen LogP contribution in [0.3, 0.4) is 0 Å². The van der Waals surface area contributed by atoms with E-state index in [2.05, 4.69) is 40.2 Å². The average molecular weight is 684 g/mol. The summed E-state index contributed by atoms with van der Waals surface area (Å²) >= 11 is 4.81. The van der Waals surface area contributed by atoms with Crippen molar-refractivity contribution < 1.29 is 19.0 Å². The quantitative estimate of drug-likeness (QED) is 0.171. The molecule has 1 aliphatic heterocycles. The standard InChI is InChI=1S/C36H31BrN2O5S/c1-21(2)44-35(41)32-22(3)38-36-39(33(32)29-19-26(37)15-16-30(29)42-4)34(40)31(45-36)18-23-9-7-13-27(17-23)43-20-25-12-8-11-24-10-5-6-14-28(24)25/h5-19,21,33H,20H2,1-4H3/b31-18-/t33-/m0/s1. The number of nitrogens with zero attached hydrogens (tertiary/aromatic N) is 2. The molecule has 1 aromatic heterocycles. The van der Waals surface area contributed by atoms with E-state index in [-0.39, 0.29) is 11.7 Å². The smallest absolute Gasteiger partial charge is 0.338 e. The molecule has 5 aromatic rings. The van der Waals surface area contributed by atoms with Crippen LogP contribution in [-0.2, 0) is 16.1 Å². The average Bonchev–Trinajstić information content (AvgIpc) is 3.32. The minimum Gasteiger partial charge on any atom is -0.496 e. The number of hydrogen-bond donors (Lipinski definition) is 0. The number of methoxy groups -OCH3 is 1. The molecule has 0 N–H and O–H groups in total. The Balaban J connectivity index is 1.40. The minimum atomic E-state index is -0.794. The molecule has 0 spiro atoms. The first-order chi connectivity index (χ1) is 21.7. The number of allylic oxidation sites excluding steroid dienone is 1. The van der Waals surface area contributed by atoms with Crippen LogP contribution in [0.4, 0.5) is 0 Å². The normalized spacial score (nSPS) is 14.8. The Morgan fingerprint density at radius 1 is 1.04 bits per heavy atom. The van der Waals surface area contributed by atoms with Crippen molar-refractivity contribution in [3.05, 3.63) is 137 Å². The molecule has 0 unspecified atom stereocenters. The molecule has 1 atom stereocenters. The van der Waals surface area contributed by atoms with Crippen LogP contribution >= 0.6 is 27.3 Å². The Morgan fingerprint density at radius 3 is 2.62 bits per heavy atom. The number of esters is 1. The van der Waals surface area contributed by atoms with Gasteiger partial charge in [0.25, 0.3) is 5.56 Å². The second-order valence-corrected chi connectivity index (χ2v) is 12.8. The molecule has 2 heterocycles. The first-order valence-electron chi connectivity index (χ1n) is 14.5. The Morgan fingerprint density at radius 2 is 1.82 bits per heavy atom. The molecular formula is C36H31BrN2O5S. The number of rotatable bonds is 8. The number of hydrogen-bond acceptors (Lipinski definition) is 7. The van der Waals surface area contributed by atoms with Gasteiger partial charge in [-0.1, -0.05) is 81.9 Å². The molecule has 0 radical (unpaired) electrons. The SMILES string of the molecule is COc1ccc(Br)cc1[C@H]1C(C(=O)OC(C)C)=C(C)N=c2s/c(=C\c3cccc(OCc4cccc5ccccc45)c3)c(=O)n21. The lowest BCUT2D eigenvalue weighted by Crippen LogP contribution is -2.40. The summed E-state index contributed by atoms with van der Waals surface area (Å²) in [7, 11) is 1.56. The van der Waals surface area contributed by atoms with Gasteiger partial charge in [-0.05, 0) is 79.1 Å². The van der Waals surface area contributed by atoms with Gasteiger partial charge in [-0.2, -0.15) is 0 Å². The molecule has 0 saturated carbocycles. The first-order valence-corrected chi connectivity index (χ1v) is 16.1. The van der Waals surface area contributed by atoms with Crippen molar-refractivity contribution in [1.29, 1.82) is 0 Å². The van der Waals surface area contributed by atoms with E-state index in [0.717, 1.165) is 26.4 Å². The lowest BCUT2D eigenvalue weighted by atomic mass is 9.95. The molecule has 45 heavy (non-hydrogen) atoms. The van der Waals surface area contributed by atoms with E-state index in [9.17, 15) is 9.59 Å². The molecule has 0 amide bonds. The van der Waals surface area contributed by atoms with Crippen molar-refractivity contribution in [1.82, 2.24) is 4.57 Å². The van der Waals surface area contributed by atoms with Gasteiger partial charge in [-0.3, -0.25) is 9.36 Å². The molecule has 0 aliphatic carbocycles. The van der Waals surface area contributed by atoms with Gasteiger partial charge in [-0.25, -0.2) is 9.79 Å². The van der Waals surface area contributed by atoms with Gasteiger partial charge in [0.1, 0.15) is 24.1 Å². The highest BCUT2D eigenvalue weighted by atomic mass is 79.9. The maximum Gasteiger partial charge on any atom is 0.338 e. The van der Waals surface area contributed by atoms with Crippen LogP contribution in [0.5, 0.6) is 11.5 Å². The predicted molar refractivity (Wildman–Crippen MR) is 180 cm³/mol. The third-order valence-corrected chi connectivity index (χ3v) is 8.98. The van der Waals surface area contributed by atoms with Crippen LogP contribution in [-0.4, -0.2) is 23.8 Å². The van der Waals surface area contributed by atoms with E-state index < -0.39 is 12.0 Å². The Hall–Kier alpha value is -4.47. The fraction of sp³-hybridized carbons (Fsp3) is 0.194. The number of halogens is 1. The molecule has 0 bridgehead atoms. The lowest BCUT2D eigenvalue weighted by Gasteiger charge is -2.26. The van der Waals surface area contributed by atoms with E-state index in [1.54, 1.807) is 38.5 Å². The molecule has 0 saturated heterocycles. The lowest BCUT2D eigenvalue weighted by molar-refractivity contribution is -0.143. The molecular weight excluding hydrogens is 652 g/mol. The highest BCUT2D eigenvalue weighted by Crippen LogP contribution is 2.37. The summed E-state index contributed by atoms with van der Waals surface area (Å²) in [5, 5.41) is 2.32. The number of thiazole rings is 1. The zero-order chi connectivity index (χ0) is 31.7. The second kappa shape index (κ2) is 12.9. The highest BCUT2D eigenvalue weighted by Gasteiger charge is 2.35. The van der Waals surface area contributed by atoms with E-state index in [1.165, 1.54) is 11.3 Å². The fourth-order valence-corrected chi connectivity index (χ4v) is 6.92. The monoisotopic (exact) mass is 682 g/mol. The summed E-state index contributed by atoms with van der Waals surface area (Å²) in [5.74, 6) is 0.706. The summed E-state index contributed by atoms with van der Waals surface area (Å²) in [5.41, 5.74) is 3.06. The Bertz CT molecular complexity index is 2140. The molecule has 4 aromatic carbocycles. The molecule has 6 rings (SSSR count). The van der Waals surface area contributed by atoms with Crippen LogP contribution in [0.15, 0.2) is 110 Å². The maximum absolute atomic E-state index is 14.1. The van der Waals surface area contributed by atoms with Gasteiger partial charge in [0.15, 0.2) is 4.80 Å². The number of aromatic nitrogens is 1. The van der Waals surface area contributed by atoms with Crippen molar-refractivity contribution in [2.24, 2.45) is 4.99 Å². The van der Waals surface area contributed by atoms with Crippen LogP contribution in [0.2, 0.25) is 0 Å². The molecule has 1 aliphatic rings. The van der Waals surface area contributed by atoms with Gasteiger partial charge in [0, 0.05) is 10.0 Å². The summed E-state index contributed by atoms with van der Waals surface area (Å²) in [6.45, 7) is 5.76. The highest BCUT2D eigenvalue weighted by molar-refractivity contribution is 9.10. The molecule has 9 heteroatoms. The molecule has 7 nitrogen and oxygen atoms in total. The predicted octanol–water partition coefficient (Wildman–Crippen LogP) is 6.69.